The number of ketones is 1. The molecule has 0 amide bonds. The summed E-state index contributed by atoms with van der Waals surface area (Å²) in [6.07, 6.45) is 4.24. The lowest BCUT2D eigenvalue weighted by Crippen LogP contribution is -1.87. The van der Waals surface area contributed by atoms with Crippen molar-refractivity contribution in [2.75, 3.05) is 6.61 Å². The maximum atomic E-state index is 10.3. The summed E-state index contributed by atoms with van der Waals surface area (Å²) in [5.74, 6) is 0.318. The zero-order chi connectivity index (χ0) is 9.11. The summed E-state index contributed by atoms with van der Waals surface area (Å²) in [5, 5.41) is 7.57. The van der Waals surface area contributed by atoms with Gasteiger partial charge in [0.1, 0.15) is 5.78 Å². The number of Topliss-reactive ketones (excluding diaryl/α,β-unsaturated/α-hetero) is 1. The van der Waals surface area contributed by atoms with Gasteiger partial charge in [0.2, 0.25) is 0 Å². The number of hydrogen-bond donors (Lipinski definition) is 1. The summed E-state index contributed by atoms with van der Waals surface area (Å²) >= 11 is 0. The lowest BCUT2D eigenvalue weighted by atomic mass is 10.2. The highest BCUT2D eigenvalue weighted by Gasteiger charge is 1.89. The normalized spacial score (nSPS) is 8.36. The van der Waals surface area contributed by atoms with Crippen LogP contribution in [0.2, 0.25) is 0 Å². The molecule has 0 aliphatic carbocycles. The fourth-order valence-electron chi connectivity index (χ4n) is 0.624. The molecule has 0 radical (unpaired) electrons. The van der Waals surface area contributed by atoms with E-state index in [2.05, 4.69) is 6.92 Å². The summed E-state index contributed by atoms with van der Waals surface area (Å²) in [5.41, 5.74) is 0. The summed E-state index contributed by atoms with van der Waals surface area (Å²) in [7, 11) is 0. The van der Waals surface area contributed by atoms with Gasteiger partial charge in [0, 0.05) is 13.0 Å². The molecule has 0 aromatic carbocycles. The van der Waals surface area contributed by atoms with E-state index in [1.165, 1.54) is 12.8 Å². The quantitative estimate of drug-likeness (QED) is 0.640. The summed E-state index contributed by atoms with van der Waals surface area (Å²) in [6, 6.07) is 0. The Labute approximate surface area is 69.6 Å². The molecule has 0 aliphatic heterocycles. The van der Waals surface area contributed by atoms with Gasteiger partial charge in [-0.1, -0.05) is 19.8 Å². The summed E-state index contributed by atoms with van der Waals surface area (Å²) in [4.78, 5) is 10.3. The number of unbranched alkanes of at least 4 members (excludes halogenated alkanes) is 2. The fourth-order valence-corrected chi connectivity index (χ4v) is 0.624. The highest BCUT2D eigenvalue weighted by molar-refractivity contribution is 5.75. The van der Waals surface area contributed by atoms with Crippen molar-refractivity contribution in [2.24, 2.45) is 0 Å². The molecule has 0 saturated carbocycles. The molecule has 0 rings (SSSR count). The Morgan fingerprint density at radius 3 is 2.00 bits per heavy atom. The Morgan fingerprint density at radius 2 is 1.73 bits per heavy atom. The van der Waals surface area contributed by atoms with Gasteiger partial charge in [0.25, 0.3) is 0 Å². The van der Waals surface area contributed by atoms with Gasteiger partial charge in [-0.3, -0.25) is 0 Å². The zero-order valence-corrected chi connectivity index (χ0v) is 7.89. The number of aliphatic hydroxyl groups excluding tert-OH is 1. The second-order valence-electron chi connectivity index (χ2n) is 2.48. The highest BCUT2D eigenvalue weighted by atomic mass is 16.2. The molecule has 68 valence electrons. The van der Waals surface area contributed by atoms with Crippen LogP contribution in [-0.4, -0.2) is 17.5 Å². The van der Waals surface area contributed by atoms with E-state index in [4.69, 9.17) is 5.11 Å². The Kier molecular flexibility index (Phi) is 14.8. The third-order valence-corrected chi connectivity index (χ3v) is 1.13. The molecule has 0 aromatic heterocycles. The molecule has 2 heteroatoms. The van der Waals surface area contributed by atoms with Crippen LogP contribution in [0.3, 0.4) is 0 Å². The predicted molar refractivity (Wildman–Crippen MR) is 47.6 cm³/mol. The molecule has 11 heavy (non-hydrogen) atoms. The van der Waals surface area contributed by atoms with Crippen molar-refractivity contribution in [1.29, 1.82) is 0 Å². The van der Waals surface area contributed by atoms with Gasteiger partial charge in [-0.2, -0.15) is 0 Å². The van der Waals surface area contributed by atoms with Crippen LogP contribution in [0.25, 0.3) is 0 Å². The second kappa shape index (κ2) is 12.3. The number of carbonyl (C=O) groups excluding carboxylic acids is 1. The van der Waals surface area contributed by atoms with Crippen LogP contribution in [0.1, 0.15) is 46.5 Å². The van der Waals surface area contributed by atoms with Gasteiger partial charge in [0.05, 0.1) is 0 Å². The molecule has 0 aliphatic rings. The Hall–Kier alpha value is -0.370. The van der Waals surface area contributed by atoms with Gasteiger partial charge in [-0.15, -0.1) is 0 Å². The minimum atomic E-state index is 0.250. The van der Waals surface area contributed by atoms with E-state index < -0.39 is 0 Å². The number of aliphatic hydroxyl groups is 1. The highest BCUT2D eigenvalue weighted by Crippen LogP contribution is 1.98. The zero-order valence-electron chi connectivity index (χ0n) is 7.89. The van der Waals surface area contributed by atoms with Crippen LogP contribution in [0.4, 0.5) is 0 Å². The fraction of sp³-hybridized carbons (Fsp3) is 0.889. The van der Waals surface area contributed by atoms with Crippen LogP contribution < -0.4 is 0 Å². The molecule has 0 fully saturated rings. The molecule has 0 atom stereocenters. The van der Waals surface area contributed by atoms with Crippen molar-refractivity contribution in [2.45, 2.75) is 46.5 Å². The Morgan fingerprint density at radius 1 is 1.27 bits per heavy atom. The van der Waals surface area contributed by atoms with Gasteiger partial charge in [0.15, 0.2) is 0 Å². The first-order valence-electron chi connectivity index (χ1n) is 4.29. The largest absolute Gasteiger partial charge is 0.397 e. The first kappa shape index (κ1) is 13.2. The van der Waals surface area contributed by atoms with Crippen molar-refractivity contribution in [3.63, 3.8) is 0 Å². The standard InChI is InChI=1S/C7H14O.C2H6O/c1-3-4-5-6-7(2)8;1-2-3/h3-6H2,1-2H3;3H,2H2,1H3. The molecular weight excluding hydrogens is 140 g/mol. The monoisotopic (exact) mass is 160 g/mol. The number of rotatable bonds is 4. The van der Waals surface area contributed by atoms with Gasteiger partial charge < -0.3 is 9.90 Å². The smallest absolute Gasteiger partial charge is 0.129 e. The molecule has 0 spiro atoms. The van der Waals surface area contributed by atoms with Crippen molar-refractivity contribution < 1.29 is 9.90 Å². The molecule has 2 nitrogen and oxygen atoms in total. The van der Waals surface area contributed by atoms with Crippen LogP contribution in [-0.2, 0) is 4.79 Å². The average Bonchev–Trinajstić information content (AvgIpc) is 1.89. The predicted octanol–water partition coefficient (Wildman–Crippen LogP) is 2.15. The minimum absolute atomic E-state index is 0.250. The van der Waals surface area contributed by atoms with E-state index in [1.807, 2.05) is 0 Å². The lowest BCUT2D eigenvalue weighted by Gasteiger charge is -1.90. The first-order chi connectivity index (χ1) is 5.18. The average molecular weight is 160 g/mol. The Bertz CT molecular complexity index is 79.6. The van der Waals surface area contributed by atoms with E-state index in [0.29, 0.717) is 5.78 Å². The van der Waals surface area contributed by atoms with Gasteiger partial charge >= 0.3 is 0 Å². The van der Waals surface area contributed by atoms with Crippen LogP contribution >= 0.6 is 0 Å². The van der Waals surface area contributed by atoms with Crippen molar-refractivity contribution in [1.82, 2.24) is 0 Å². The number of hydrogen-bond acceptors (Lipinski definition) is 2. The van der Waals surface area contributed by atoms with Crippen molar-refractivity contribution in [3.05, 3.63) is 0 Å². The number of carbonyl (C=O) groups is 1. The SMILES string of the molecule is CCCCCC(C)=O.CCO. The third kappa shape index (κ3) is 26.2. The van der Waals surface area contributed by atoms with Gasteiger partial charge in [-0.25, -0.2) is 0 Å². The summed E-state index contributed by atoms with van der Waals surface area (Å²) < 4.78 is 0. The van der Waals surface area contributed by atoms with E-state index in [1.54, 1.807) is 13.8 Å². The molecule has 0 bridgehead atoms. The summed E-state index contributed by atoms with van der Waals surface area (Å²) in [6.45, 7) is 5.72. The van der Waals surface area contributed by atoms with Crippen molar-refractivity contribution in [3.8, 4) is 0 Å². The maximum absolute atomic E-state index is 10.3. The van der Waals surface area contributed by atoms with Crippen molar-refractivity contribution >= 4 is 5.78 Å². The first-order valence-corrected chi connectivity index (χ1v) is 4.29. The van der Waals surface area contributed by atoms with E-state index >= 15 is 0 Å². The van der Waals surface area contributed by atoms with Crippen LogP contribution in [0.5, 0.6) is 0 Å². The molecule has 0 saturated heterocycles. The Balaban J connectivity index is 0. The second-order valence-corrected chi connectivity index (χ2v) is 2.48. The lowest BCUT2D eigenvalue weighted by molar-refractivity contribution is -0.117. The van der Waals surface area contributed by atoms with E-state index in [9.17, 15) is 4.79 Å². The van der Waals surface area contributed by atoms with E-state index in [-0.39, 0.29) is 6.61 Å². The molecule has 1 N–H and O–H groups in total. The molecule has 0 aromatic rings. The van der Waals surface area contributed by atoms with Crippen LogP contribution in [0, 0.1) is 0 Å². The topological polar surface area (TPSA) is 37.3 Å². The van der Waals surface area contributed by atoms with Crippen LogP contribution in [0.15, 0.2) is 0 Å². The molecule has 0 unspecified atom stereocenters. The third-order valence-electron chi connectivity index (χ3n) is 1.13. The molecular formula is C9H20O2. The molecule has 0 heterocycles. The maximum Gasteiger partial charge on any atom is 0.129 e. The minimum Gasteiger partial charge on any atom is -0.397 e. The van der Waals surface area contributed by atoms with Gasteiger partial charge in [-0.05, 0) is 20.3 Å². The van der Waals surface area contributed by atoms with E-state index in [0.717, 1.165) is 12.8 Å².